The van der Waals surface area contributed by atoms with E-state index in [1.807, 2.05) is 72.8 Å². The number of rotatable bonds is 15. The van der Waals surface area contributed by atoms with Gasteiger partial charge in [-0.25, -0.2) is 0 Å². The molecule has 8 heteroatoms. The third-order valence-corrected chi connectivity index (χ3v) is 7.62. The molecule has 6 nitrogen and oxygen atoms in total. The summed E-state index contributed by atoms with van der Waals surface area (Å²) in [4.78, 5) is 2.38. The first-order valence-corrected chi connectivity index (χ1v) is 15.1. The van der Waals surface area contributed by atoms with Gasteiger partial charge in [0.2, 0.25) is 0 Å². The molecule has 0 spiro atoms. The number of nitrogens with zero attached hydrogens (tertiary/aromatic N) is 1. The zero-order valence-electron chi connectivity index (χ0n) is 23.4. The highest BCUT2D eigenvalue weighted by Crippen LogP contribution is 2.31. The average molecular weight is 684 g/mol. The van der Waals surface area contributed by atoms with Crippen molar-refractivity contribution in [3.05, 3.63) is 116 Å². The first-order chi connectivity index (χ1) is 20.0. The Kier molecular flexibility index (Phi) is 11.9. The van der Waals surface area contributed by atoms with E-state index in [-0.39, 0.29) is 0 Å². The average Bonchev–Trinajstić information content (AvgIpc) is 3.00. The topological polar surface area (TPSA) is 66.2 Å². The molecule has 4 aromatic carbocycles. The van der Waals surface area contributed by atoms with Crippen LogP contribution in [0, 0.1) is 0 Å². The minimum atomic E-state index is 0.469. The van der Waals surface area contributed by atoms with Gasteiger partial charge in [0.25, 0.3) is 0 Å². The third-order valence-electron chi connectivity index (χ3n) is 6.56. The lowest BCUT2D eigenvalue weighted by Crippen LogP contribution is -2.25. The van der Waals surface area contributed by atoms with Crippen LogP contribution in [-0.2, 0) is 26.3 Å². The molecule has 0 heterocycles. The summed E-state index contributed by atoms with van der Waals surface area (Å²) in [6.07, 6.45) is 0.900. The number of hydrogen-bond donors (Lipinski definition) is 1. The Balaban J connectivity index is 1.42. The molecule has 0 aliphatic carbocycles. The molecule has 0 bridgehead atoms. The summed E-state index contributed by atoms with van der Waals surface area (Å²) < 4.78 is 25.6. The fourth-order valence-corrected chi connectivity index (χ4v) is 4.92. The van der Waals surface area contributed by atoms with Gasteiger partial charge >= 0.3 is 0 Å². The van der Waals surface area contributed by atoms with Gasteiger partial charge in [0.1, 0.15) is 13.2 Å². The van der Waals surface area contributed by atoms with Crippen molar-refractivity contribution in [1.82, 2.24) is 4.90 Å². The minimum Gasteiger partial charge on any atom is -0.493 e. The van der Waals surface area contributed by atoms with Crippen molar-refractivity contribution in [3.63, 3.8) is 0 Å². The maximum absolute atomic E-state index is 6.07. The van der Waals surface area contributed by atoms with E-state index in [4.69, 9.17) is 24.7 Å². The Hall–Kier alpha value is -3.04. The Morgan fingerprint density at radius 1 is 0.585 bits per heavy atom. The van der Waals surface area contributed by atoms with Crippen LogP contribution >= 0.6 is 31.9 Å². The SMILES string of the molecule is COc1cc(CN(CCCN)Cc2ccc(OCc3ccc(Br)cc3)c(OC)c2)ccc1OCc1ccc(Br)cc1. The lowest BCUT2D eigenvalue weighted by atomic mass is 10.1. The smallest absolute Gasteiger partial charge is 0.161 e. The predicted molar refractivity (Wildman–Crippen MR) is 171 cm³/mol. The van der Waals surface area contributed by atoms with Crippen LogP contribution in [0.2, 0.25) is 0 Å². The maximum Gasteiger partial charge on any atom is 0.161 e. The van der Waals surface area contributed by atoms with Gasteiger partial charge in [-0.1, -0.05) is 68.3 Å². The molecule has 0 amide bonds. The Labute approximate surface area is 259 Å². The zero-order valence-corrected chi connectivity index (χ0v) is 26.6. The van der Waals surface area contributed by atoms with E-state index in [1.54, 1.807) is 14.2 Å². The van der Waals surface area contributed by atoms with Crippen molar-refractivity contribution in [2.75, 3.05) is 27.3 Å². The molecule has 0 radical (unpaired) electrons. The lowest BCUT2D eigenvalue weighted by molar-refractivity contribution is 0.252. The molecule has 0 aliphatic rings. The largest absolute Gasteiger partial charge is 0.493 e. The lowest BCUT2D eigenvalue weighted by Gasteiger charge is -2.23. The summed E-state index contributed by atoms with van der Waals surface area (Å²) in [6.45, 7) is 3.92. The second-order valence-electron chi connectivity index (χ2n) is 9.65. The minimum absolute atomic E-state index is 0.469. The van der Waals surface area contributed by atoms with Crippen LogP contribution in [0.5, 0.6) is 23.0 Å². The molecule has 0 saturated carbocycles. The molecule has 41 heavy (non-hydrogen) atoms. The number of methoxy groups -OCH3 is 2. The van der Waals surface area contributed by atoms with E-state index in [9.17, 15) is 0 Å². The molecule has 0 unspecified atom stereocenters. The van der Waals surface area contributed by atoms with Crippen molar-refractivity contribution in [2.24, 2.45) is 5.73 Å². The number of nitrogens with two attached hydrogens (primary N) is 1. The van der Waals surface area contributed by atoms with Gasteiger partial charge in [0, 0.05) is 28.6 Å². The molecule has 2 N–H and O–H groups in total. The van der Waals surface area contributed by atoms with E-state index in [0.29, 0.717) is 31.3 Å². The molecule has 0 fully saturated rings. The standard InChI is InChI=1S/C33H36Br2N2O4/c1-38-32-18-26(8-14-30(32)40-22-24-4-10-28(34)11-5-24)20-37(17-3-16-36)21-27-9-15-31(33(19-27)39-2)41-23-25-6-12-29(35)13-7-25/h4-15,18-19H,3,16-17,20-23,36H2,1-2H3. The van der Waals surface area contributed by atoms with Crippen molar-refractivity contribution in [3.8, 4) is 23.0 Å². The highest BCUT2D eigenvalue weighted by Gasteiger charge is 2.13. The molecule has 4 rings (SSSR count). The quantitative estimate of drug-likeness (QED) is 0.138. The van der Waals surface area contributed by atoms with Crippen LogP contribution in [0.25, 0.3) is 0 Å². The summed E-state index contributed by atoms with van der Waals surface area (Å²) in [5.41, 5.74) is 10.3. The highest BCUT2D eigenvalue weighted by molar-refractivity contribution is 9.10. The Bertz CT molecular complexity index is 1280. The van der Waals surface area contributed by atoms with E-state index < -0.39 is 0 Å². The number of benzene rings is 4. The first-order valence-electron chi connectivity index (χ1n) is 13.5. The molecular formula is C33H36Br2N2O4. The van der Waals surface area contributed by atoms with Gasteiger partial charge in [-0.15, -0.1) is 0 Å². The van der Waals surface area contributed by atoms with Crippen LogP contribution in [0.4, 0.5) is 0 Å². The van der Waals surface area contributed by atoms with Gasteiger partial charge in [-0.3, -0.25) is 4.90 Å². The number of halogens is 2. The summed E-state index contributed by atoms with van der Waals surface area (Å²) in [7, 11) is 3.34. The summed E-state index contributed by atoms with van der Waals surface area (Å²) in [5, 5.41) is 0. The van der Waals surface area contributed by atoms with E-state index in [0.717, 1.165) is 68.8 Å². The molecule has 0 atom stereocenters. The second kappa shape index (κ2) is 15.8. The fourth-order valence-electron chi connectivity index (χ4n) is 4.39. The maximum atomic E-state index is 6.07. The summed E-state index contributed by atoms with van der Waals surface area (Å²) in [6, 6.07) is 28.4. The molecule has 4 aromatic rings. The fraction of sp³-hybridized carbons (Fsp3) is 0.273. The van der Waals surface area contributed by atoms with Crippen LogP contribution in [0.1, 0.15) is 28.7 Å². The van der Waals surface area contributed by atoms with E-state index >= 15 is 0 Å². The van der Waals surface area contributed by atoms with E-state index in [1.165, 1.54) is 0 Å². The monoisotopic (exact) mass is 682 g/mol. The van der Waals surface area contributed by atoms with Gasteiger partial charge in [-0.05, 0) is 83.8 Å². The first kappa shape index (κ1) is 30.9. The Morgan fingerprint density at radius 3 is 1.39 bits per heavy atom. The van der Waals surface area contributed by atoms with E-state index in [2.05, 4.69) is 48.9 Å². The molecule has 0 aliphatic heterocycles. The third kappa shape index (κ3) is 9.50. The van der Waals surface area contributed by atoms with Crippen molar-refractivity contribution < 1.29 is 18.9 Å². The van der Waals surface area contributed by atoms with Crippen LogP contribution in [-0.4, -0.2) is 32.2 Å². The van der Waals surface area contributed by atoms with Gasteiger partial charge in [0.05, 0.1) is 14.2 Å². The number of hydrogen-bond acceptors (Lipinski definition) is 6. The van der Waals surface area contributed by atoms with Crippen molar-refractivity contribution >= 4 is 31.9 Å². The molecule has 0 aromatic heterocycles. The molecule has 0 saturated heterocycles. The molecular weight excluding hydrogens is 648 g/mol. The van der Waals surface area contributed by atoms with Gasteiger partial charge in [-0.2, -0.15) is 0 Å². The normalized spacial score (nSPS) is 11.0. The number of ether oxygens (including phenoxy) is 4. The van der Waals surface area contributed by atoms with Gasteiger partial charge in [0.15, 0.2) is 23.0 Å². The van der Waals surface area contributed by atoms with Crippen LogP contribution < -0.4 is 24.7 Å². The highest BCUT2D eigenvalue weighted by atomic mass is 79.9. The molecule has 216 valence electrons. The van der Waals surface area contributed by atoms with Crippen LogP contribution in [0.15, 0.2) is 93.9 Å². The zero-order chi connectivity index (χ0) is 29.0. The predicted octanol–water partition coefficient (Wildman–Crippen LogP) is 7.74. The summed E-state index contributed by atoms with van der Waals surface area (Å²) in [5.74, 6) is 2.87. The van der Waals surface area contributed by atoms with Crippen molar-refractivity contribution in [2.45, 2.75) is 32.7 Å². The van der Waals surface area contributed by atoms with Crippen LogP contribution in [0.3, 0.4) is 0 Å². The van der Waals surface area contributed by atoms with Crippen molar-refractivity contribution in [1.29, 1.82) is 0 Å². The second-order valence-corrected chi connectivity index (χ2v) is 11.5. The Morgan fingerprint density at radius 2 is 1.00 bits per heavy atom. The van der Waals surface area contributed by atoms with Gasteiger partial charge < -0.3 is 24.7 Å². The summed E-state index contributed by atoms with van der Waals surface area (Å²) >= 11 is 6.94.